The summed E-state index contributed by atoms with van der Waals surface area (Å²) in [6.45, 7) is 2.07. The quantitative estimate of drug-likeness (QED) is 0.514. The highest BCUT2D eigenvalue weighted by atomic mass is 32.2. The summed E-state index contributed by atoms with van der Waals surface area (Å²) in [7, 11) is -3.16. The molecule has 0 fully saturated rings. The van der Waals surface area contributed by atoms with Crippen molar-refractivity contribution in [2.75, 3.05) is 6.26 Å². The smallest absolute Gasteiger partial charge is 0.270 e. The van der Waals surface area contributed by atoms with Gasteiger partial charge < -0.3 is 10.0 Å². The number of hydrogen-bond donors (Lipinski definition) is 1. The van der Waals surface area contributed by atoms with Gasteiger partial charge in [0, 0.05) is 37.4 Å². The first-order valence-electron chi connectivity index (χ1n) is 10.2. The highest BCUT2D eigenvalue weighted by molar-refractivity contribution is 7.93. The summed E-state index contributed by atoms with van der Waals surface area (Å²) in [5, 5.41) is 21.8. The molecule has 2 aliphatic heterocycles. The number of amides is 1. The van der Waals surface area contributed by atoms with E-state index in [0.29, 0.717) is 12.0 Å². The molecule has 0 bridgehead atoms. The van der Waals surface area contributed by atoms with Crippen LogP contribution in [-0.4, -0.2) is 43.2 Å². The molecule has 2 aromatic rings. The third kappa shape index (κ3) is 4.23. The van der Waals surface area contributed by atoms with Crippen molar-refractivity contribution >= 4 is 32.8 Å². The monoisotopic (exact) mass is 472 g/mol. The van der Waals surface area contributed by atoms with Crippen molar-refractivity contribution in [3.05, 3.63) is 75.3 Å². The Hall–Kier alpha value is -3.60. The SMILES string of the molecule is CCC1CC(O)=C(C2=Nc3ccc([N+](=O)[O-])cc3S(C)(=O)=N2)C(=O)N1Cc1ccc(F)cc1. The molecule has 1 N–H and O–H groups in total. The van der Waals surface area contributed by atoms with E-state index in [1.807, 2.05) is 6.92 Å². The Morgan fingerprint density at radius 2 is 1.97 bits per heavy atom. The molecule has 9 nitrogen and oxygen atoms in total. The molecule has 0 spiro atoms. The lowest BCUT2D eigenvalue weighted by Crippen LogP contribution is -2.45. The van der Waals surface area contributed by atoms with Crippen LogP contribution in [0.15, 0.2) is 68.0 Å². The van der Waals surface area contributed by atoms with Crippen LogP contribution in [0.5, 0.6) is 0 Å². The van der Waals surface area contributed by atoms with Crippen LogP contribution in [0.25, 0.3) is 0 Å². The van der Waals surface area contributed by atoms with Gasteiger partial charge >= 0.3 is 0 Å². The van der Waals surface area contributed by atoms with Crippen LogP contribution in [0.1, 0.15) is 25.3 Å². The number of aliphatic hydroxyl groups excluding tert-OH is 1. The summed E-state index contributed by atoms with van der Waals surface area (Å²) in [5.41, 5.74) is 0.502. The molecule has 1 amide bonds. The second-order valence-electron chi connectivity index (χ2n) is 7.89. The number of carbonyl (C=O) groups excluding carboxylic acids is 1. The van der Waals surface area contributed by atoms with Crippen molar-refractivity contribution in [3.63, 3.8) is 0 Å². The van der Waals surface area contributed by atoms with E-state index >= 15 is 0 Å². The normalized spacial score (nSPS) is 22.5. The molecule has 11 heteroatoms. The first-order valence-corrected chi connectivity index (χ1v) is 12.1. The summed E-state index contributed by atoms with van der Waals surface area (Å²) in [6, 6.07) is 9.22. The van der Waals surface area contributed by atoms with Gasteiger partial charge in [0.25, 0.3) is 11.6 Å². The zero-order valence-electron chi connectivity index (χ0n) is 17.9. The minimum absolute atomic E-state index is 0.0957. The molecule has 0 saturated heterocycles. The predicted molar refractivity (Wildman–Crippen MR) is 120 cm³/mol. The second kappa shape index (κ2) is 8.39. The second-order valence-corrected chi connectivity index (χ2v) is 10.1. The average molecular weight is 472 g/mol. The van der Waals surface area contributed by atoms with Crippen molar-refractivity contribution in [2.24, 2.45) is 9.36 Å². The lowest BCUT2D eigenvalue weighted by molar-refractivity contribution is -0.385. The van der Waals surface area contributed by atoms with E-state index in [-0.39, 0.29) is 58.3 Å². The molecule has 2 aromatic carbocycles. The van der Waals surface area contributed by atoms with Gasteiger partial charge in [0.15, 0.2) is 5.84 Å². The number of nitro benzene ring substituents is 1. The van der Waals surface area contributed by atoms with Crippen molar-refractivity contribution < 1.29 is 23.4 Å². The van der Waals surface area contributed by atoms with Crippen molar-refractivity contribution in [3.8, 4) is 0 Å². The molecule has 0 saturated carbocycles. The van der Waals surface area contributed by atoms with Gasteiger partial charge in [-0.3, -0.25) is 14.9 Å². The van der Waals surface area contributed by atoms with Crippen molar-refractivity contribution in [1.29, 1.82) is 0 Å². The first kappa shape index (κ1) is 22.6. The van der Waals surface area contributed by atoms with Crippen LogP contribution in [0, 0.1) is 15.9 Å². The minimum atomic E-state index is -3.16. The van der Waals surface area contributed by atoms with E-state index in [4.69, 9.17) is 0 Å². The topological polar surface area (TPSA) is 125 Å². The Kier molecular flexibility index (Phi) is 5.75. The molecular weight excluding hydrogens is 451 g/mol. The molecular formula is C22H21FN4O5S. The zero-order valence-corrected chi connectivity index (χ0v) is 18.7. The number of nitrogens with zero attached hydrogens (tertiary/aromatic N) is 4. The number of nitro groups is 1. The number of benzene rings is 2. The Morgan fingerprint density at radius 1 is 1.27 bits per heavy atom. The maximum atomic E-state index is 13.5. The fourth-order valence-electron chi connectivity index (χ4n) is 3.91. The Bertz CT molecular complexity index is 1340. The summed E-state index contributed by atoms with van der Waals surface area (Å²) in [6.07, 6.45) is 2.04. The van der Waals surface area contributed by atoms with E-state index < -0.39 is 20.6 Å². The van der Waals surface area contributed by atoms with Gasteiger partial charge in [-0.1, -0.05) is 19.1 Å². The van der Waals surface area contributed by atoms with E-state index in [1.54, 1.807) is 17.0 Å². The van der Waals surface area contributed by atoms with Crippen LogP contribution in [0.2, 0.25) is 0 Å². The standard InChI is InChI=1S/C22H21FN4O5S/c1-3-15-10-18(28)20(22(29)26(15)12-13-4-6-14(23)7-5-13)21-24-17-9-8-16(27(30)31)11-19(17)33(2,32)25-21/h4-9,11,15,28H,3,10,12H2,1-2H3. The Balaban J connectivity index is 1.76. The third-order valence-electron chi connectivity index (χ3n) is 5.64. The molecule has 4 rings (SSSR count). The molecule has 2 unspecified atom stereocenters. The summed E-state index contributed by atoms with van der Waals surface area (Å²) in [5.74, 6) is -1.30. The van der Waals surface area contributed by atoms with Crippen LogP contribution in [0.4, 0.5) is 15.8 Å². The molecule has 2 atom stereocenters. The van der Waals surface area contributed by atoms with Crippen LogP contribution in [-0.2, 0) is 21.1 Å². The largest absolute Gasteiger partial charge is 0.511 e. The third-order valence-corrected chi connectivity index (χ3v) is 7.31. The van der Waals surface area contributed by atoms with Crippen LogP contribution in [0.3, 0.4) is 0 Å². The molecule has 2 aliphatic rings. The van der Waals surface area contributed by atoms with Gasteiger partial charge in [-0.15, -0.1) is 0 Å². The fourth-order valence-corrected chi connectivity index (χ4v) is 5.31. The minimum Gasteiger partial charge on any atom is -0.511 e. The van der Waals surface area contributed by atoms with E-state index in [2.05, 4.69) is 9.36 Å². The summed E-state index contributed by atoms with van der Waals surface area (Å²) in [4.78, 5) is 29.9. The lowest BCUT2D eigenvalue weighted by Gasteiger charge is -2.36. The van der Waals surface area contributed by atoms with Gasteiger partial charge in [0.05, 0.1) is 25.2 Å². The maximum Gasteiger partial charge on any atom is 0.270 e. The molecule has 33 heavy (non-hydrogen) atoms. The number of carbonyl (C=O) groups is 1. The van der Waals surface area contributed by atoms with E-state index in [0.717, 1.165) is 6.07 Å². The molecule has 172 valence electrons. The van der Waals surface area contributed by atoms with Gasteiger partial charge in [-0.05, 0) is 30.2 Å². The highest BCUT2D eigenvalue weighted by Gasteiger charge is 2.38. The van der Waals surface area contributed by atoms with Crippen molar-refractivity contribution in [2.45, 2.75) is 37.2 Å². The molecule has 0 aliphatic carbocycles. The number of rotatable bonds is 5. The van der Waals surface area contributed by atoms with Crippen LogP contribution < -0.4 is 0 Å². The number of halogens is 1. The number of amidine groups is 1. The van der Waals surface area contributed by atoms with Crippen LogP contribution >= 0.6 is 0 Å². The number of fused-ring (bicyclic) bond motifs is 1. The number of aliphatic hydroxyl groups is 1. The maximum absolute atomic E-state index is 13.5. The van der Waals surface area contributed by atoms with E-state index in [9.17, 15) is 28.6 Å². The number of hydrogen-bond acceptors (Lipinski definition) is 7. The molecule has 2 heterocycles. The van der Waals surface area contributed by atoms with E-state index in [1.165, 1.54) is 30.5 Å². The van der Waals surface area contributed by atoms with Crippen molar-refractivity contribution in [1.82, 2.24) is 4.90 Å². The summed E-state index contributed by atoms with van der Waals surface area (Å²) >= 11 is 0. The lowest BCUT2D eigenvalue weighted by atomic mass is 9.96. The number of aliphatic imine (C=N–C) groups is 1. The molecule has 0 aromatic heterocycles. The van der Waals surface area contributed by atoms with Gasteiger partial charge in [-0.25, -0.2) is 13.6 Å². The van der Waals surface area contributed by atoms with Gasteiger partial charge in [0.1, 0.15) is 17.1 Å². The Labute approximate surface area is 189 Å². The molecule has 0 radical (unpaired) electrons. The zero-order chi connectivity index (χ0) is 23.9. The Morgan fingerprint density at radius 3 is 2.61 bits per heavy atom. The van der Waals surface area contributed by atoms with Gasteiger partial charge in [-0.2, -0.15) is 4.36 Å². The predicted octanol–water partition coefficient (Wildman–Crippen LogP) is 4.26. The highest BCUT2D eigenvalue weighted by Crippen LogP contribution is 2.36. The summed E-state index contributed by atoms with van der Waals surface area (Å²) < 4.78 is 30.7. The average Bonchev–Trinajstić information content (AvgIpc) is 2.76. The number of non-ortho nitro benzene ring substituents is 1. The first-order chi connectivity index (χ1) is 15.6. The van der Waals surface area contributed by atoms with Gasteiger partial charge in [0.2, 0.25) is 0 Å². The fraction of sp³-hybridized carbons (Fsp3) is 0.273.